The van der Waals surface area contributed by atoms with E-state index in [9.17, 15) is 14.4 Å². The van der Waals surface area contributed by atoms with E-state index in [0.29, 0.717) is 41.1 Å². The third kappa shape index (κ3) is 3.57. The van der Waals surface area contributed by atoms with Crippen molar-refractivity contribution in [1.29, 1.82) is 0 Å². The van der Waals surface area contributed by atoms with Crippen LogP contribution in [0.25, 0.3) is 0 Å². The van der Waals surface area contributed by atoms with Crippen LogP contribution in [0.5, 0.6) is 5.75 Å². The van der Waals surface area contributed by atoms with Crippen molar-refractivity contribution in [2.75, 3.05) is 20.2 Å². The molecule has 30 heavy (non-hydrogen) atoms. The fourth-order valence-corrected chi connectivity index (χ4v) is 4.10. The average Bonchev–Trinajstić information content (AvgIpc) is 2.97. The molecule has 3 amide bonds. The highest BCUT2D eigenvalue weighted by Crippen LogP contribution is 2.27. The van der Waals surface area contributed by atoms with Gasteiger partial charge in [0.15, 0.2) is 0 Å². The Kier molecular flexibility index (Phi) is 5.30. The van der Waals surface area contributed by atoms with Gasteiger partial charge in [0, 0.05) is 13.1 Å². The first-order valence-corrected chi connectivity index (χ1v) is 9.96. The highest BCUT2D eigenvalue weighted by molar-refractivity contribution is 6.21. The number of hydrogen-bond acceptors (Lipinski definition) is 5. The molecule has 2 aromatic carbocycles. The summed E-state index contributed by atoms with van der Waals surface area (Å²) in [5, 5.41) is 0. The first-order chi connectivity index (χ1) is 14.4. The summed E-state index contributed by atoms with van der Waals surface area (Å²) < 4.78 is 11.1. The lowest BCUT2D eigenvalue weighted by atomic mass is 10.1. The fraction of sp³-hybridized carbons (Fsp3) is 0.348. The van der Waals surface area contributed by atoms with Gasteiger partial charge in [-0.15, -0.1) is 0 Å². The highest BCUT2D eigenvalue weighted by Gasteiger charge is 2.35. The molecule has 1 fully saturated rings. The van der Waals surface area contributed by atoms with Crippen LogP contribution in [0, 0.1) is 0 Å². The number of carbonyl (C=O) groups is 3. The molecule has 2 atom stereocenters. The molecule has 0 saturated carbocycles. The number of ether oxygens (including phenoxy) is 2. The first-order valence-electron chi connectivity index (χ1n) is 9.96. The lowest BCUT2D eigenvalue weighted by Gasteiger charge is -2.35. The lowest BCUT2D eigenvalue weighted by Crippen LogP contribution is -2.48. The molecule has 2 heterocycles. The van der Waals surface area contributed by atoms with Gasteiger partial charge in [0.05, 0.1) is 42.6 Å². The maximum atomic E-state index is 13.2. The van der Waals surface area contributed by atoms with Crippen LogP contribution in [-0.2, 0) is 11.3 Å². The predicted molar refractivity (Wildman–Crippen MR) is 110 cm³/mol. The Labute approximate surface area is 175 Å². The second-order valence-electron chi connectivity index (χ2n) is 7.74. The zero-order chi connectivity index (χ0) is 21.4. The summed E-state index contributed by atoms with van der Waals surface area (Å²) in [5.74, 6) is -0.346. The van der Waals surface area contributed by atoms with Crippen molar-refractivity contribution >= 4 is 17.7 Å². The molecular formula is C23H24N2O5. The molecule has 0 aliphatic carbocycles. The smallest absolute Gasteiger partial charge is 0.261 e. The Bertz CT molecular complexity index is 973. The van der Waals surface area contributed by atoms with Crippen LogP contribution < -0.4 is 4.74 Å². The molecule has 1 saturated heterocycles. The van der Waals surface area contributed by atoms with Crippen LogP contribution in [0.3, 0.4) is 0 Å². The molecule has 2 aliphatic rings. The molecule has 2 aromatic rings. The number of nitrogens with zero attached hydrogens (tertiary/aromatic N) is 2. The highest BCUT2D eigenvalue weighted by atomic mass is 16.5. The van der Waals surface area contributed by atoms with Gasteiger partial charge in [-0.2, -0.15) is 0 Å². The van der Waals surface area contributed by atoms with Crippen molar-refractivity contribution in [2.45, 2.75) is 32.6 Å². The second kappa shape index (κ2) is 7.91. The molecule has 7 heteroatoms. The van der Waals surface area contributed by atoms with Crippen molar-refractivity contribution in [2.24, 2.45) is 0 Å². The number of rotatable bonds is 4. The van der Waals surface area contributed by atoms with Gasteiger partial charge in [-0.25, -0.2) is 0 Å². The van der Waals surface area contributed by atoms with Gasteiger partial charge in [-0.1, -0.05) is 18.2 Å². The Hall–Kier alpha value is -3.19. The van der Waals surface area contributed by atoms with Gasteiger partial charge >= 0.3 is 0 Å². The van der Waals surface area contributed by atoms with Gasteiger partial charge in [0.1, 0.15) is 5.75 Å². The van der Waals surface area contributed by atoms with Crippen molar-refractivity contribution in [3.05, 3.63) is 64.7 Å². The fourth-order valence-electron chi connectivity index (χ4n) is 4.10. The molecule has 2 aliphatic heterocycles. The maximum Gasteiger partial charge on any atom is 0.261 e. The minimum Gasteiger partial charge on any atom is -0.496 e. The third-order valence-electron chi connectivity index (χ3n) is 5.42. The molecule has 0 bridgehead atoms. The first kappa shape index (κ1) is 20.1. The summed E-state index contributed by atoms with van der Waals surface area (Å²) in [5.41, 5.74) is 1.91. The van der Waals surface area contributed by atoms with Crippen LogP contribution >= 0.6 is 0 Å². The molecule has 0 spiro atoms. The molecule has 7 nitrogen and oxygen atoms in total. The van der Waals surface area contributed by atoms with E-state index in [-0.39, 0.29) is 36.5 Å². The maximum absolute atomic E-state index is 13.2. The number of amides is 3. The SMILES string of the molecule is COc1ccc(CN2C(=O)c3ccccc3C2=O)cc1C(=O)N1C[C@@H](C)O[C@H](C)C1. The minimum atomic E-state index is -0.324. The van der Waals surface area contributed by atoms with Gasteiger partial charge in [-0.05, 0) is 43.7 Å². The Morgan fingerprint density at radius 3 is 2.20 bits per heavy atom. The number of morpholine rings is 1. The predicted octanol–water partition coefficient (Wildman–Crippen LogP) is 2.74. The third-order valence-corrected chi connectivity index (χ3v) is 5.42. The van der Waals surface area contributed by atoms with Gasteiger partial charge < -0.3 is 14.4 Å². The van der Waals surface area contributed by atoms with E-state index < -0.39 is 0 Å². The number of carbonyl (C=O) groups excluding carboxylic acids is 3. The van der Waals surface area contributed by atoms with E-state index in [1.54, 1.807) is 47.4 Å². The summed E-state index contributed by atoms with van der Waals surface area (Å²) in [4.78, 5) is 41.5. The van der Waals surface area contributed by atoms with Gasteiger partial charge in [0.2, 0.25) is 0 Å². The van der Waals surface area contributed by atoms with E-state index in [1.165, 1.54) is 12.0 Å². The number of benzene rings is 2. The van der Waals surface area contributed by atoms with Crippen molar-refractivity contribution in [1.82, 2.24) is 9.80 Å². The summed E-state index contributed by atoms with van der Waals surface area (Å²) >= 11 is 0. The van der Waals surface area contributed by atoms with E-state index in [0.717, 1.165) is 0 Å². The van der Waals surface area contributed by atoms with Gasteiger partial charge in [-0.3, -0.25) is 19.3 Å². The summed E-state index contributed by atoms with van der Waals surface area (Å²) in [7, 11) is 1.51. The van der Waals surface area contributed by atoms with E-state index in [1.807, 2.05) is 13.8 Å². The topological polar surface area (TPSA) is 76.2 Å². The van der Waals surface area contributed by atoms with Crippen LogP contribution in [0.1, 0.15) is 50.5 Å². The van der Waals surface area contributed by atoms with Crippen molar-refractivity contribution in [3.63, 3.8) is 0 Å². The van der Waals surface area contributed by atoms with Crippen LogP contribution in [0.2, 0.25) is 0 Å². The number of fused-ring (bicyclic) bond motifs is 1. The average molecular weight is 408 g/mol. The van der Waals surface area contributed by atoms with Crippen LogP contribution in [-0.4, -0.2) is 59.9 Å². The van der Waals surface area contributed by atoms with Gasteiger partial charge in [0.25, 0.3) is 17.7 Å². The molecule has 0 N–H and O–H groups in total. The molecular weight excluding hydrogens is 384 g/mol. The van der Waals surface area contributed by atoms with Crippen molar-refractivity contribution in [3.8, 4) is 5.75 Å². The molecule has 0 radical (unpaired) electrons. The van der Waals surface area contributed by atoms with E-state index in [2.05, 4.69) is 0 Å². The summed E-state index contributed by atoms with van der Waals surface area (Å²) in [6, 6.07) is 12.0. The monoisotopic (exact) mass is 408 g/mol. The number of imide groups is 1. The van der Waals surface area contributed by atoms with Crippen LogP contribution in [0.4, 0.5) is 0 Å². The Morgan fingerprint density at radius 1 is 1.03 bits per heavy atom. The lowest BCUT2D eigenvalue weighted by molar-refractivity contribution is -0.0586. The quantitative estimate of drug-likeness (QED) is 0.727. The molecule has 0 unspecified atom stereocenters. The zero-order valence-electron chi connectivity index (χ0n) is 17.3. The largest absolute Gasteiger partial charge is 0.496 e. The number of methoxy groups -OCH3 is 1. The number of hydrogen-bond donors (Lipinski definition) is 0. The zero-order valence-corrected chi connectivity index (χ0v) is 17.3. The van der Waals surface area contributed by atoms with Crippen molar-refractivity contribution < 1.29 is 23.9 Å². The van der Waals surface area contributed by atoms with E-state index in [4.69, 9.17) is 9.47 Å². The molecule has 156 valence electrons. The normalized spacial score (nSPS) is 21.0. The summed E-state index contributed by atoms with van der Waals surface area (Å²) in [6.07, 6.45) is -0.101. The standard InChI is InChI=1S/C23H24N2O5/c1-14-11-24(12-15(2)30-14)21(26)19-10-16(8-9-20(19)29-3)13-25-22(27)17-6-4-5-7-18(17)23(25)28/h4-10,14-15H,11-13H2,1-3H3/t14-,15-/m1/s1. The summed E-state index contributed by atoms with van der Waals surface area (Å²) in [6.45, 7) is 4.95. The minimum absolute atomic E-state index is 0.0507. The molecule has 0 aromatic heterocycles. The Balaban J connectivity index is 1.60. The van der Waals surface area contributed by atoms with Crippen LogP contribution in [0.15, 0.2) is 42.5 Å². The molecule has 4 rings (SSSR count). The van der Waals surface area contributed by atoms with E-state index >= 15 is 0 Å². The second-order valence-corrected chi connectivity index (χ2v) is 7.74. The Morgan fingerprint density at radius 2 is 1.63 bits per heavy atom.